The number of ether oxygens (including phenoxy) is 1. The van der Waals surface area contributed by atoms with Crippen LogP contribution in [0.15, 0.2) is 59.2 Å². The average molecular weight is 501 g/mol. The van der Waals surface area contributed by atoms with Gasteiger partial charge in [0.2, 0.25) is 10.0 Å². The summed E-state index contributed by atoms with van der Waals surface area (Å²) in [6.45, 7) is 7.95. The molecule has 1 aromatic heterocycles. The topological polar surface area (TPSA) is 88.9 Å². The Labute approximate surface area is 208 Å². The minimum absolute atomic E-state index is 0.204. The molecule has 3 rings (SSSR count). The normalized spacial score (nSPS) is 11.7. The van der Waals surface area contributed by atoms with Gasteiger partial charge < -0.3 is 14.1 Å². The van der Waals surface area contributed by atoms with E-state index in [4.69, 9.17) is 9.15 Å². The second-order valence-corrected chi connectivity index (χ2v) is 10.5. The van der Waals surface area contributed by atoms with Crippen LogP contribution in [0.2, 0.25) is 0 Å². The van der Waals surface area contributed by atoms with E-state index in [1.54, 1.807) is 54.8 Å². The Morgan fingerprint density at radius 1 is 0.971 bits per heavy atom. The summed E-state index contributed by atoms with van der Waals surface area (Å²) in [5, 5.41) is 0.811. The molecule has 0 aliphatic rings. The number of benzene rings is 2. The Morgan fingerprint density at radius 2 is 1.69 bits per heavy atom. The van der Waals surface area contributed by atoms with Gasteiger partial charge in [0.05, 0.1) is 24.2 Å². The van der Waals surface area contributed by atoms with E-state index >= 15 is 0 Å². The molecule has 3 aromatic rings. The number of hydrogen-bond donors (Lipinski definition) is 1. The van der Waals surface area contributed by atoms with E-state index in [-0.39, 0.29) is 11.3 Å². The molecule has 0 radical (unpaired) electrons. The third-order valence-electron chi connectivity index (χ3n) is 5.79. The number of carbonyl (C=O) groups excluding carboxylic acids is 1. The molecule has 1 amide bonds. The Balaban J connectivity index is 1.56. The molecular formula is C27H36N2O5S. The second kappa shape index (κ2) is 13.3. The Morgan fingerprint density at radius 3 is 2.43 bits per heavy atom. The Bertz CT molecular complexity index is 1180. The highest BCUT2D eigenvalue weighted by molar-refractivity contribution is 7.89. The lowest BCUT2D eigenvalue weighted by molar-refractivity contribution is 0.0977. The van der Waals surface area contributed by atoms with Crippen molar-refractivity contribution in [2.24, 2.45) is 0 Å². The molecule has 0 aliphatic heterocycles. The van der Waals surface area contributed by atoms with Crippen molar-refractivity contribution in [2.75, 3.05) is 26.2 Å². The fraction of sp³-hybridized carbons (Fsp3) is 0.444. The van der Waals surface area contributed by atoms with Crippen molar-refractivity contribution in [3.63, 3.8) is 0 Å². The number of amides is 1. The number of furan rings is 1. The highest BCUT2D eigenvalue weighted by Crippen LogP contribution is 2.20. The second-order valence-electron chi connectivity index (χ2n) is 8.73. The number of para-hydroxylation sites is 1. The first-order valence-electron chi connectivity index (χ1n) is 12.4. The van der Waals surface area contributed by atoms with Crippen molar-refractivity contribution in [2.45, 2.75) is 51.7 Å². The molecule has 0 spiro atoms. The van der Waals surface area contributed by atoms with Gasteiger partial charge in [-0.1, -0.05) is 44.9 Å². The number of nitrogens with zero attached hydrogens (tertiary/aromatic N) is 1. The van der Waals surface area contributed by atoms with Crippen molar-refractivity contribution in [3.05, 3.63) is 65.9 Å². The van der Waals surface area contributed by atoms with Crippen molar-refractivity contribution < 1.29 is 22.4 Å². The van der Waals surface area contributed by atoms with Gasteiger partial charge in [0, 0.05) is 11.9 Å². The summed E-state index contributed by atoms with van der Waals surface area (Å²) in [5.41, 5.74) is 1.45. The first kappa shape index (κ1) is 26.8. The van der Waals surface area contributed by atoms with Crippen LogP contribution in [0.3, 0.4) is 0 Å². The summed E-state index contributed by atoms with van der Waals surface area (Å²) in [6.07, 6.45) is 7.08. The lowest BCUT2D eigenvalue weighted by Crippen LogP contribution is -2.32. The van der Waals surface area contributed by atoms with E-state index in [1.165, 1.54) is 25.7 Å². The van der Waals surface area contributed by atoms with E-state index in [2.05, 4.69) is 23.5 Å². The van der Waals surface area contributed by atoms with E-state index in [0.717, 1.165) is 31.4 Å². The number of hydrogen-bond acceptors (Lipinski definition) is 6. The van der Waals surface area contributed by atoms with Crippen LogP contribution >= 0.6 is 0 Å². The maximum atomic E-state index is 12.8. The van der Waals surface area contributed by atoms with Crippen LogP contribution in [0.25, 0.3) is 11.0 Å². The van der Waals surface area contributed by atoms with Gasteiger partial charge >= 0.3 is 0 Å². The summed E-state index contributed by atoms with van der Waals surface area (Å²) in [4.78, 5) is 15.3. The molecule has 0 aliphatic carbocycles. The van der Waals surface area contributed by atoms with E-state index in [9.17, 15) is 13.2 Å². The van der Waals surface area contributed by atoms with Crippen LogP contribution < -0.4 is 9.46 Å². The maximum Gasteiger partial charge on any atom is 0.268 e. The van der Waals surface area contributed by atoms with Crippen molar-refractivity contribution in [1.82, 2.24) is 9.62 Å². The number of fused-ring (bicyclic) bond motifs is 1. The predicted octanol–water partition coefficient (Wildman–Crippen LogP) is 5.36. The number of carbonyl (C=O) groups is 1. The molecule has 0 atom stereocenters. The smallest absolute Gasteiger partial charge is 0.268 e. The van der Waals surface area contributed by atoms with Gasteiger partial charge in [-0.3, -0.25) is 4.79 Å². The van der Waals surface area contributed by atoms with Gasteiger partial charge in [-0.05, 0) is 68.2 Å². The molecule has 1 heterocycles. The standard InChI is InChI=1S/C27H36N2O5S/c1-3-5-15-29(16-6-4-2)17-9-18-33-26-11-8-7-10-24(26)27(30)28-35(31,32)21-22-12-13-25-23(20-22)14-19-34-25/h7-8,10-14,19-20H,3-6,9,15-18,21H2,1-2H3,(H,28,30). The van der Waals surface area contributed by atoms with Crippen LogP contribution in [-0.4, -0.2) is 45.5 Å². The van der Waals surface area contributed by atoms with Crippen LogP contribution in [-0.2, 0) is 15.8 Å². The zero-order chi connectivity index (χ0) is 25.1. The van der Waals surface area contributed by atoms with E-state index in [0.29, 0.717) is 23.5 Å². The molecule has 1 N–H and O–H groups in total. The van der Waals surface area contributed by atoms with Crippen LogP contribution in [0.1, 0.15) is 61.9 Å². The number of rotatable bonds is 15. The highest BCUT2D eigenvalue weighted by atomic mass is 32.2. The SMILES string of the molecule is CCCCN(CCCC)CCCOc1ccccc1C(=O)NS(=O)(=O)Cc1ccc2occc2c1. The number of unbranched alkanes of at least 4 members (excludes halogenated alkanes) is 2. The molecule has 7 nitrogen and oxygen atoms in total. The monoisotopic (exact) mass is 500 g/mol. The first-order valence-corrected chi connectivity index (χ1v) is 14.0. The summed E-state index contributed by atoms with van der Waals surface area (Å²) in [7, 11) is -3.90. The predicted molar refractivity (Wildman–Crippen MR) is 139 cm³/mol. The number of nitrogens with one attached hydrogen (secondary N) is 1. The molecule has 0 saturated heterocycles. The van der Waals surface area contributed by atoms with Crippen LogP contribution in [0.5, 0.6) is 5.75 Å². The van der Waals surface area contributed by atoms with Gasteiger partial charge in [0.25, 0.3) is 5.91 Å². The average Bonchev–Trinajstić information content (AvgIpc) is 3.30. The molecule has 0 bridgehead atoms. The zero-order valence-corrected chi connectivity index (χ0v) is 21.5. The lowest BCUT2D eigenvalue weighted by Gasteiger charge is -2.22. The minimum atomic E-state index is -3.90. The van der Waals surface area contributed by atoms with Gasteiger partial charge in [-0.15, -0.1) is 0 Å². The molecule has 0 saturated carbocycles. The summed E-state index contributed by atoms with van der Waals surface area (Å²) in [5.74, 6) is -0.625. The van der Waals surface area contributed by atoms with Gasteiger partial charge in [-0.25, -0.2) is 13.1 Å². The quantitative estimate of drug-likeness (QED) is 0.283. The molecule has 8 heteroatoms. The van der Waals surface area contributed by atoms with Gasteiger partial charge in [0.1, 0.15) is 11.3 Å². The van der Waals surface area contributed by atoms with Crippen LogP contribution in [0.4, 0.5) is 0 Å². The zero-order valence-electron chi connectivity index (χ0n) is 20.7. The summed E-state index contributed by atoms with van der Waals surface area (Å²) >= 11 is 0. The summed E-state index contributed by atoms with van der Waals surface area (Å²) in [6, 6.07) is 13.6. The first-order chi connectivity index (χ1) is 16.9. The lowest BCUT2D eigenvalue weighted by atomic mass is 10.2. The molecule has 0 fully saturated rings. The third kappa shape index (κ3) is 8.40. The Hall–Kier alpha value is -2.84. The largest absolute Gasteiger partial charge is 0.493 e. The molecule has 35 heavy (non-hydrogen) atoms. The maximum absolute atomic E-state index is 12.8. The van der Waals surface area contributed by atoms with Gasteiger partial charge in [-0.2, -0.15) is 0 Å². The van der Waals surface area contributed by atoms with Gasteiger partial charge in [0.15, 0.2) is 0 Å². The fourth-order valence-corrected chi connectivity index (χ4v) is 4.99. The molecule has 190 valence electrons. The minimum Gasteiger partial charge on any atom is -0.493 e. The fourth-order valence-electron chi connectivity index (χ4n) is 3.91. The molecule has 2 aromatic carbocycles. The van der Waals surface area contributed by atoms with Crippen LogP contribution in [0, 0.1) is 0 Å². The third-order valence-corrected chi connectivity index (χ3v) is 7.00. The molecular weight excluding hydrogens is 464 g/mol. The van der Waals surface area contributed by atoms with E-state index < -0.39 is 15.9 Å². The highest BCUT2D eigenvalue weighted by Gasteiger charge is 2.20. The number of sulfonamides is 1. The molecule has 0 unspecified atom stereocenters. The Kier molecular flexibility index (Phi) is 10.2. The summed E-state index contributed by atoms with van der Waals surface area (Å²) < 4.78 is 38.7. The van der Waals surface area contributed by atoms with Crippen molar-refractivity contribution in [1.29, 1.82) is 0 Å². The van der Waals surface area contributed by atoms with Crippen molar-refractivity contribution >= 4 is 26.9 Å². The van der Waals surface area contributed by atoms with Crippen molar-refractivity contribution in [3.8, 4) is 5.75 Å². The van der Waals surface area contributed by atoms with E-state index in [1.807, 2.05) is 0 Å².